The summed E-state index contributed by atoms with van der Waals surface area (Å²) in [6.45, 7) is 1.95. The number of allylic oxidation sites excluding steroid dienone is 1. The molecule has 0 saturated carbocycles. The van der Waals surface area contributed by atoms with Gasteiger partial charge in [0.25, 0.3) is 0 Å². The highest BCUT2D eigenvalue weighted by molar-refractivity contribution is 6.30. The van der Waals surface area contributed by atoms with Gasteiger partial charge in [-0.15, -0.1) is 0 Å². The second kappa shape index (κ2) is 8.35. The number of halogens is 2. The zero-order valence-corrected chi connectivity index (χ0v) is 15.3. The summed E-state index contributed by atoms with van der Waals surface area (Å²) in [5.41, 5.74) is 3.44. The zero-order chi connectivity index (χ0) is 19.2. The largest absolute Gasteiger partial charge is 0.340 e. The third-order valence-corrected chi connectivity index (χ3v) is 4.07. The van der Waals surface area contributed by atoms with E-state index in [2.05, 4.69) is 15.6 Å². The Bertz CT molecular complexity index is 1020. The molecule has 0 aliphatic rings. The monoisotopic (exact) mass is 378 g/mol. The molecule has 0 unspecified atom stereocenters. The number of benzene rings is 2. The molecule has 3 rings (SSSR count). The lowest BCUT2D eigenvalue weighted by atomic mass is 10.1. The van der Waals surface area contributed by atoms with Crippen LogP contribution in [0, 0.1) is 24.1 Å². The van der Waals surface area contributed by atoms with Crippen molar-refractivity contribution in [3.8, 4) is 6.07 Å². The predicted molar refractivity (Wildman–Crippen MR) is 108 cm³/mol. The van der Waals surface area contributed by atoms with Crippen LogP contribution in [-0.2, 0) is 0 Å². The van der Waals surface area contributed by atoms with Crippen molar-refractivity contribution in [1.29, 1.82) is 5.26 Å². The first kappa shape index (κ1) is 18.4. The van der Waals surface area contributed by atoms with E-state index in [-0.39, 0.29) is 5.82 Å². The van der Waals surface area contributed by atoms with Gasteiger partial charge in [0.05, 0.1) is 6.07 Å². The van der Waals surface area contributed by atoms with E-state index < -0.39 is 5.82 Å². The minimum absolute atomic E-state index is 0.119. The molecular weight excluding hydrogens is 363 g/mol. The number of nitrogens with zero attached hydrogens (tertiary/aromatic N) is 2. The van der Waals surface area contributed by atoms with Crippen LogP contribution in [0.25, 0.3) is 6.08 Å². The maximum Gasteiger partial charge on any atom is 0.168 e. The molecule has 4 nitrogen and oxygen atoms in total. The molecule has 6 heteroatoms. The summed E-state index contributed by atoms with van der Waals surface area (Å²) >= 11 is 5.87. The van der Waals surface area contributed by atoms with E-state index in [0.717, 1.165) is 16.8 Å². The third-order valence-electron chi connectivity index (χ3n) is 3.82. The Morgan fingerprint density at radius 2 is 1.85 bits per heavy atom. The fourth-order valence-corrected chi connectivity index (χ4v) is 2.60. The Hall–Kier alpha value is -3.36. The van der Waals surface area contributed by atoms with Gasteiger partial charge in [0, 0.05) is 22.5 Å². The molecule has 1 aromatic heterocycles. The number of hydrogen-bond donors (Lipinski definition) is 2. The van der Waals surface area contributed by atoms with Crippen LogP contribution in [0.4, 0.5) is 27.4 Å². The van der Waals surface area contributed by atoms with Gasteiger partial charge >= 0.3 is 0 Å². The number of nitriles is 1. The lowest BCUT2D eigenvalue weighted by Gasteiger charge is -2.12. The first-order valence-electron chi connectivity index (χ1n) is 8.18. The summed E-state index contributed by atoms with van der Waals surface area (Å²) in [4.78, 5) is 4.31. The summed E-state index contributed by atoms with van der Waals surface area (Å²) < 4.78 is 14.1. The SMILES string of the molecule is Cc1cc(/C=C/C#N)ccc1Nc1ccc(F)c(Nc2ccc(Cl)cc2)n1. The first-order valence-corrected chi connectivity index (χ1v) is 8.56. The molecule has 27 heavy (non-hydrogen) atoms. The Labute approximate surface area is 161 Å². The standard InChI is InChI=1S/C21H16ClFN4/c1-14-13-15(3-2-12-24)4-10-19(14)26-20-11-9-18(23)21(27-20)25-17-7-5-16(22)6-8-17/h2-11,13H,1H3,(H2,25,26,27)/b3-2+. The molecule has 0 radical (unpaired) electrons. The van der Waals surface area contributed by atoms with E-state index in [9.17, 15) is 4.39 Å². The van der Waals surface area contributed by atoms with Gasteiger partial charge in [-0.2, -0.15) is 5.26 Å². The van der Waals surface area contributed by atoms with E-state index in [4.69, 9.17) is 16.9 Å². The van der Waals surface area contributed by atoms with Crippen molar-refractivity contribution < 1.29 is 4.39 Å². The van der Waals surface area contributed by atoms with Gasteiger partial charge in [0.15, 0.2) is 11.6 Å². The molecule has 0 saturated heterocycles. The molecule has 0 spiro atoms. The van der Waals surface area contributed by atoms with E-state index >= 15 is 0 Å². The van der Waals surface area contributed by atoms with Crippen molar-refractivity contribution in [1.82, 2.24) is 4.98 Å². The molecule has 3 aromatic rings. The summed E-state index contributed by atoms with van der Waals surface area (Å²) in [5, 5.41) is 15.4. The molecule has 2 N–H and O–H groups in total. The Morgan fingerprint density at radius 3 is 2.56 bits per heavy atom. The number of aromatic nitrogens is 1. The minimum atomic E-state index is -0.454. The smallest absolute Gasteiger partial charge is 0.168 e. The van der Waals surface area contributed by atoms with Crippen LogP contribution in [0.3, 0.4) is 0 Å². The Kier molecular flexibility index (Phi) is 5.70. The van der Waals surface area contributed by atoms with Gasteiger partial charge in [-0.3, -0.25) is 0 Å². The maximum atomic E-state index is 14.1. The quantitative estimate of drug-likeness (QED) is 0.518. The van der Waals surface area contributed by atoms with Crippen LogP contribution < -0.4 is 10.6 Å². The fourth-order valence-electron chi connectivity index (χ4n) is 2.47. The Morgan fingerprint density at radius 1 is 1.07 bits per heavy atom. The highest BCUT2D eigenvalue weighted by Gasteiger charge is 2.08. The van der Waals surface area contributed by atoms with Crippen LogP contribution in [0.1, 0.15) is 11.1 Å². The average molecular weight is 379 g/mol. The van der Waals surface area contributed by atoms with E-state index in [1.54, 1.807) is 36.4 Å². The van der Waals surface area contributed by atoms with Gasteiger partial charge in [-0.25, -0.2) is 9.37 Å². The normalized spacial score (nSPS) is 10.6. The molecule has 0 amide bonds. The number of nitrogens with one attached hydrogen (secondary N) is 2. The zero-order valence-electron chi connectivity index (χ0n) is 14.5. The van der Waals surface area contributed by atoms with Crippen LogP contribution >= 0.6 is 11.6 Å². The van der Waals surface area contributed by atoms with E-state index in [1.807, 2.05) is 31.2 Å². The van der Waals surface area contributed by atoms with Crippen molar-refractivity contribution >= 4 is 40.7 Å². The highest BCUT2D eigenvalue weighted by atomic mass is 35.5. The summed E-state index contributed by atoms with van der Waals surface area (Å²) in [6.07, 6.45) is 3.17. The molecular formula is C21H16ClFN4. The van der Waals surface area contributed by atoms with Crippen LogP contribution in [0.2, 0.25) is 5.02 Å². The highest BCUT2D eigenvalue weighted by Crippen LogP contribution is 2.25. The van der Waals surface area contributed by atoms with Gasteiger partial charge in [-0.1, -0.05) is 17.7 Å². The molecule has 0 aliphatic heterocycles. The van der Waals surface area contributed by atoms with Crippen molar-refractivity contribution in [3.05, 3.63) is 82.6 Å². The summed E-state index contributed by atoms with van der Waals surface area (Å²) in [6, 6.07) is 17.6. The fraction of sp³-hybridized carbons (Fsp3) is 0.0476. The molecule has 0 bridgehead atoms. The summed E-state index contributed by atoms with van der Waals surface area (Å²) in [7, 11) is 0. The second-order valence-corrected chi connectivity index (χ2v) is 6.26. The number of pyridine rings is 1. The number of rotatable bonds is 5. The van der Waals surface area contributed by atoms with Crippen molar-refractivity contribution in [3.63, 3.8) is 0 Å². The maximum absolute atomic E-state index is 14.1. The van der Waals surface area contributed by atoms with Crippen molar-refractivity contribution in [2.24, 2.45) is 0 Å². The first-order chi connectivity index (χ1) is 13.0. The van der Waals surface area contributed by atoms with E-state index in [0.29, 0.717) is 16.5 Å². The van der Waals surface area contributed by atoms with E-state index in [1.165, 1.54) is 12.1 Å². The van der Waals surface area contributed by atoms with Crippen LogP contribution in [-0.4, -0.2) is 4.98 Å². The molecule has 0 fully saturated rings. The number of anilines is 4. The molecule has 1 heterocycles. The van der Waals surface area contributed by atoms with Crippen LogP contribution in [0.15, 0.2) is 60.7 Å². The van der Waals surface area contributed by atoms with Crippen molar-refractivity contribution in [2.45, 2.75) is 6.92 Å². The summed E-state index contributed by atoms with van der Waals surface area (Å²) in [5.74, 6) is 0.175. The predicted octanol–water partition coefficient (Wildman–Crippen LogP) is 6.21. The van der Waals surface area contributed by atoms with Gasteiger partial charge in [-0.05, 0) is 72.7 Å². The van der Waals surface area contributed by atoms with Crippen LogP contribution in [0.5, 0.6) is 0 Å². The lowest BCUT2D eigenvalue weighted by molar-refractivity contribution is 0.627. The van der Waals surface area contributed by atoms with Gasteiger partial charge in [0.2, 0.25) is 0 Å². The molecule has 2 aromatic carbocycles. The van der Waals surface area contributed by atoms with Crippen molar-refractivity contribution in [2.75, 3.05) is 10.6 Å². The average Bonchev–Trinajstić information content (AvgIpc) is 2.66. The minimum Gasteiger partial charge on any atom is -0.340 e. The number of hydrogen-bond acceptors (Lipinski definition) is 4. The van der Waals surface area contributed by atoms with Gasteiger partial charge in [0.1, 0.15) is 5.82 Å². The Balaban J connectivity index is 1.81. The molecule has 0 aliphatic carbocycles. The number of aryl methyl sites for hydroxylation is 1. The lowest BCUT2D eigenvalue weighted by Crippen LogP contribution is -2.01. The molecule has 134 valence electrons. The van der Waals surface area contributed by atoms with Gasteiger partial charge < -0.3 is 10.6 Å². The second-order valence-electron chi connectivity index (χ2n) is 5.82. The molecule has 0 atom stereocenters. The topological polar surface area (TPSA) is 60.7 Å². The third kappa shape index (κ3) is 4.84.